The highest BCUT2D eigenvalue weighted by molar-refractivity contribution is 5.60. The van der Waals surface area contributed by atoms with E-state index in [-0.39, 0.29) is 12.0 Å². The normalized spacial score (nSPS) is 16.0. The summed E-state index contributed by atoms with van der Waals surface area (Å²) in [5.41, 5.74) is 10.1. The first-order valence-electron chi connectivity index (χ1n) is 11.3. The number of H-pyrrole nitrogens is 1. The summed E-state index contributed by atoms with van der Waals surface area (Å²) in [4.78, 5) is 23.8. The molecule has 174 valence electrons. The van der Waals surface area contributed by atoms with Gasteiger partial charge in [0.15, 0.2) is 0 Å². The predicted octanol–water partition coefficient (Wildman–Crippen LogP) is 4.24. The van der Waals surface area contributed by atoms with Gasteiger partial charge in [0.05, 0.1) is 31.6 Å². The first-order valence-corrected chi connectivity index (χ1v) is 11.3. The van der Waals surface area contributed by atoms with Gasteiger partial charge in [0.25, 0.3) is 0 Å². The second-order valence-electron chi connectivity index (χ2n) is 8.47. The molecule has 1 aliphatic rings. The van der Waals surface area contributed by atoms with Crippen LogP contribution < -0.4 is 15.8 Å². The Morgan fingerprint density at radius 3 is 2.82 bits per heavy atom. The van der Waals surface area contributed by atoms with Gasteiger partial charge in [-0.05, 0) is 50.6 Å². The molecule has 0 aliphatic carbocycles. The van der Waals surface area contributed by atoms with Crippen LogP contribution in [0.3, 0.4) is 0 Å². The largest absolute Gasteiger partial charge is 0.497 e. The van der Waals surface area contributed by atoms with E-state index in [0.717, 1.165) is 47.9 Å². The zero-order chi connectivity index (χ0) is 23.5. The van der Waals surface area contributed by atoms with E-state index in [1.165, 1.54) is 5.56 Å². The van der Waals surface area contributed by atoms with E-state index in [9.17, 15) is 0 Å². The summed E-state index contributed by atoms with van der Waals surface area (Å²) in [5.74, 6) is 3.04. The number of anilines is 3. The van der Waals surface area contributed by atoms with Crippen molar-refractivity contribution in [2.45, 2.75) is 32.4 Å². The first kappa shape index (κ1) is 21.8. The number of aryl methyl sites for hydroxylation is 1. The standard InChI is InChI=1S/C25H28N8O/c1-16-8-10-18(11-9-16)28-25-31-22(30-24(26)32-25)15-33-12-4-7-21(33)23-27-14-20(29-23)17-5-3-6-19(13-17)34-2/h3,5-6,8-11,13-14,21H,4,7,12,15H2,1-2H3,(H,27,29)(H3,26,28,30,31,32). The lowest BCUT2D eigenvalue weighted by atomic mass is 10.1. The lowest BCUT2D eigenvalue weighted by molar-refractivity contribution is 0.235. The molecule has 1 fully saturated rings. The van der Waals surface area contributed by atoms with Crippen LogP contribution in [-0.2, 0) is 6.54 Å². The van der Waals surface area contributed by atoms with Crippen molar-refractivity contribution in [1.29, 1.82) is 0 Å². The topological polar surface area (TPSA) is 118 Å². The summed E-state index contributed by atoms with van der Waals surface area (Å²) >= 11 is 0. The van der Waals surface area contributed by atoms with Crippen molar-refractivity contribution in [3.8, 4) is 17.0 Å². The van der Waals surface area contributed by atoms with Gasteiger partial charge >= 0.3 is 0 Å². The van der Waals surface area contributed by atoms with Crippen molar-refractivity contribution in [1.82, 2.24) is 29.8 Å². The van der Waals surface area contributed by atoms with E-state index < -0.39 is 0 Å². The van der Waals surface area contributed by atoms with Crippen LogP contribution in [0.15, 0.2) is 54.7 Å². The zero-order valence-electron chi connectivity index (χ0n) is 19.3. The second-order valence-corrected chi connectivity index (χ2v) is 8.47. The number of nitrogens with one attached hydrogen (secondary N) is 2. The minimum absolute atomic E-state index is 0.158. The number of hydrogen-bond acceptors (Lipinski definition) is 8. The van der Waals surface area contributed by atoms with E-state index in [4.69, 9.17) is 15.5 Å². The molecule has 9 heteroatoms. The van der Waals surface area contributed by atoms with Gasteiger partial charge in [0.2, 0.25) is 11.9 Å². The Hall–Kier alpha value is -3.98. The molecule has 1 saturated heterocycles. The summed E-state index contributed by atoms with van der Waals surface area (Å²) in [6.45, 7) is 3.55. The molecule has 4 aromatic rings. The Morgan fingerprint density at radius 1 is 1.15 bits per heavy atom. The van der Waals surface area contributed by atoms with E-state index in [0.29, 0.717) is 18.3 Å². The first-order chi connectivity index (χ1) is 16.6. The van der Waals surface area contributed by atoms with Gasteiger partial charge in [-0.1, -0.05) is 29.8 Å². The van der Waals surface area contributed by atoms with Crippen molar-refractivity contribution in [2.24, 2.45) is 0 Å². The SMILES string of the molecule is COc1cccc(-c2cnc(C3CCCN3Cc3nc(N)nc(Nc4ccc(C)cc4)n3)[nH]2)c1. The average molecular weight is 457 g/mol. The van der Waals surface area contributed by atoms with Crippen LogP contribution in [0.1, 0.15) is 36.1 Å². The molecule has 1 unspecified atom stereocenters. The number of likely N-dealkylation sites (tertiary alicyclic amines) is 1. The number of rotatable bonds is 7. The molecule has 1 aliphatic heterocycles. The molecule has 9 nitrogen and oxygen atoms in total. The maximum atomic E-state index is 6.00. The number of ether oxygens (including phenoxy) is 1. The quantitative estimate of drug-likeness (QED) is 0.378. The number of benzene rings is 2. The van der Waals surface area contributed by atoms with Crippen LogP contribution in [0.25, 0.3) is 11.3 Å². The van der Waals surface area contributed by atoms with Crippen molar-refractivity contribution in [2.75, 3.05) is 24.7 Å². The molecule has 5 rings (SSSR count). The maximum Gasteiger partial charge on any atom is 0.232 e. The number of aromatic amines is 1. The number of imidazole rings is 1. The number of nitrogens with two attached hydrogens (primary N) is 1. The third kappa shape index (κ3) is 4.84. The highest BCUT2D eigenvalue weighted by atomic mass is 16.5. The minimum atomic E-state index is 0.158. The predicted molar refractivity (Wildman–Crippen MR) is 132 cm³/mol. The highest BCUT2D eigenvalue weighted by Crippen LogP contribution is 2.33. The van der Waals surface area contributed by atoms with Crippen molar-refractivity contribution < 1.29 is 4.74 Å². The van der Waals surface area contributed by atoms with E-state index in [2.05, 4.69) is 30.2 Å². The van der Waals surface area contributed by atoms with Crippen molar-refractivity contribution in [3.05, 3.63) is 71.9 Å². The van der Waals surface area contributed by atoms with E-state index in [1.807, 2.05) is 61.7 Å². The van der Waals surface area contributed by atoms with Crippen LogP contribution in [0.4, 0.5) is 17.6 Å². The third-order valence-electron chi connectivity index (χ3n) is 6.01. The zero-order valence-corrected chi connectivity index (χ0v) is 19.3. The summed E-state index contributed by atoms with van der Waals surface area (Å²) in [6.07, 6.45) is 3.97. The number of methoxy groups -OCH3 is 1. The van der Waals surface area contributed by atoms with Gasteiger partial charge in [-0.2, -0.15) is 15.0 Å². The monoisotopic (exact) mass is 456 g/mol. The summed E-state index contributed by atoms with van der Waals surface area (Å²) < 4.78 is 5.35. The van der Waals surface area contributed by atoms with Gasteiger partial charge in [0.1, 0.15) is 17.4 Å². The fraction of sp³-hybridized carbons (Fsp3) is 0.280. The molecule has 1 atom stereocenters. The Balaban J connectivity index is 1.32. The smallest absolute Gasteiger partial charge is 0.232 e. The number of hydrogen-bond donors (Lipinski definition) is 3. The van der Waals surface area contributed by atoms with Crippen LogP contribution in [-0.4, -0.2) is 43.5 Å². The summed E-state index contributed by atoms with van der Waals surface area (Å²) in [5, 5.41) is 3.22. The van der Waals surface area contributed by atoms with Gasteiger partial charge in [0, 0.05) is 11.3 Å². The Morgan fingerprint density at radius 2 is 2.00 bits per heavy atom. The van der Waals surface area contributed by atoms with Gasteiger partial charge < -0.3 is 20.8 Å². The van der Waals surface area contributed by atoms with Gasteiger partial charge in [-0.25, -0.2) is 4.98 Å². The molecule has 0 bridgehead atoms. The molecule has 4 N–H and O–H groups in total. The van der Waals surface area contributed by atoms with E-state index >= 15 is 0 Å². The van der Waals surface area contributed by atoms with Crippen LogP contribution in [0, 0.1) is 6.92 Å². The Kier molecular flexibility index (Phi) is 6.09. The lowest BCUT2D eigenvalue weighted by Crippen LogP contribution is -2.25. The molecule has 2 aromatic carbocycles. The average Bonchev–Trinajstić information content (AvgIpc) is 3.50. The van der Waals surface area contributed by atoms with Crippen LogP contribution >= 0.6 is 0 Å². The molecule has 2 aromatic heterocycles. The Labute approximate surface area is 198 Å². The van der Waals surface area contributed by atoms with Gasteiger partial charge in [-0.15, -0.1) is 0 Å². The third-order valence-corrected chi connectivity index (χ3v) is 6.01. The molecule has 0 spiro atoms. The number of nitrogens with zero attached hydrogens (tertiary/aromatic N) is 5. The van der Waals surface area contributed by atoms with Crippen molar-refractivity contribution >= 4 is 17.6 Å². The maximum absolute atomic E-state index is 6.00. The lowest BCUT2D eigenvalue weighted by Gasteiger charge is -2.22. The fourth-order valence-corrected chi connectivity index (χ4v) is 4.28. The molecule has 0 radical (unpaired) electrons. The molecule has 0 amide bonds. The molecule has 0 saturated carbocycles. The summed E-state index contributed by atoms with van der Waals surface area (Å²) in [7, 11) is 1.67. The second kappa shape index (κ2) is 9.48. The van der Waals surface area contributed by atoms with E-state index in [1.54, 1.807) is 7.11 Å². The fourth-order valence-electron chi connectivity index (χ4n) is 4.28. The summed E-state index contributed by atoms with van der Waals surface area (Å²) in [6, 6.07) is 16.2. The minimum Gasteiger partial charge on any atom is -0.497 e. The molecule has 34 heavy (non-hydrogen) atoms. The van der Waals surface area contributed by atoms with Crippen molar-refractivity contribution in [3.63, 3.8) is 0 Å². The highest BCUT2D eigenvalue weighted by Gasteiger charge is 2.29. The molecular formula is C25H28N8O. The number of nitrogen functional groups attached to an aromatic ring is 1. The number of aromatic nitrogens is 5. The van der Waals surface area contributed by atoms with Gasteiger partial charge in [-0.3, -0.25) is 4.90 Å². The van der Waals surface area contributed by atoms with Crippen LogP contribution in [0.5, 0.6) is 5.75 Å². The molecule has 3 heterocycles. The molecular weight excluding hydrogens is 428 g/mol. The van der Waals surface area contributed by atoms with Crippen LogP contribution in [0.2, 0.25) is 0 Å². The Bertz CT molecular complexity index is 1270.